The number of hydrogen-bond donors (Lipinski definition) is 0. The van der Waals surface area contributed by atoms with Crippen LogP contribution in [0.2, 0.25) is 0 Å². The number of nitrogens with zero attached hydrogens (tertiary/aromatic N) is 6. The van der Waals surface area contributed by atoms with Gasteiger partial charge in [-0.2, -0.15) is 0 Å². The van der Waals surface area contributed by atoms with Crippen LogP contribution in [0.3, 0.4) is 0 Å². The summed E-state index contributed by atoms with van der Waals surface area (Å²) >= 11 is 0. The Kier molecular flexibility index (Phi) is 5.31. The number of fused-ring (bicyclic) bond motifs is 2. The minimum atomic E-state index is -0.254. The average molecular weight is 460 g/mol. The van der Waals surface area contributed by atoms with Gasteiger partial charge in [-0.15, -0.1) is 5.10 Å². The van der Waals surface area contributed by atoms with Crippen LogP contribution in [-0.4, -0.2) is 80.7 Å². The molecule has 2 unspecified atom stereocenters. The zero-order chi connectivity index (χ0) is 23.1. The fraction of sp³-hybridized carbons (Fsp3) is 0.375. The highest BCUT2D eigenvalue weighted by atomic mass is 16.5. The number of carbonyl (C=O) groups excluding carboxylic acids is 2. The van der Waals surface area contributed by atoms with Crippen LogP contribution in [0.4, 0.5) is 0 Å². The zero-order valence-electron chi connectivity index (χ0n) is 18.5. The van der Waals surface area contributed by atoms with E-state index in [2.05, 4.69) is 20.4 Å². The van der Waals surface area contributed by atoms with Crippen LogP contribution in [0.1, 0.15) is 33.2 Å². The fourth-order valence-corrected chi connectivity index (χ4v) is 4.90. The molecule has 2 aromatic carbocycles. The second kappa shape index (κ2) is 8.62. The number of esters is 1. The Morgan fingerprint density at radius 2 is 1.97 bits per heavy atom. The average Bonchev–Trinajstić information content (AvgIpc) is 3.54. The van der Waals surface area contributed by atoms with Gasteiger partial charge in [0, 0.05) is 31.7 Å². The van der Waals surface area contributed by atoms with Crippen molar-refractivity contribution in [2.24, 2.45) is 0 Å². The van der Waals surface area contributed by atoms with Crippen LogP contribution in [-0.2, 0) is 27.3 Å². The van der Waals surface area contributed by atoms with Gasteiger partial charge in [-0.25, -0.2) is 9.48 Å². The van der Waals surface area contributed by atoms with Gasteiger partial charge in [0.1, 0.15) is 12.9 Å². The molecule has 2 saturated heterocycles. The summed E-state index contributed by atoms with van der Waals surface area (Å²) in [5.74, 6) is -0.129. The molecule has 3 aliphatic heterocycles. The van der Waals surface area contributed by atoms with Crippen LogP contribution >= 0.6 is 0 Å². The van der Waals surface area contributed by atoms with E-state index in [4.69, 9.17) is 9.47 Å². The third kappa shape index (κ3) is 3.95. The van der Waals surface area contributed by atoms with E-state index in [9.17, 15) is 9.59 Å². The summed E-state index contributed by atoms with van der Waals surface area (Å²) < 4.78 is 12.9. The number of cyclic esters (lactones) is 1. The molecule has 174 valence electrons. The third-order valence-corrected chi connectivity index (χ3v) is 6.83. The van der Waals surface area contributed by atoms with Gasteiger partial charge < -0.3 is 14.4 Å². The summed E-state index contributed by atoms with van der Waals surface area (Å²) in [4.78, 5) is 29.0. The maximum absolute atomic E-state index is 13.0. The Balaban J connectivity index is 1.05. The third-order valence-electron chi connectivity index (χ3n) is 6.83. The SMILES string of the molecule is O=C1OCc2cc(C3CN4CCN(C(=O)Cc5ccc(-n6cnnn6)cc5)CC4CO3)ccc21. The first kappa shape index (κ1) is 20.9. The topological polar surface area (TPSA) is 103 Å². The number of tetrazole rings is 1. The fourth-order valence-electron chi connectivity index (χ4n) is 4.90. The van der Waals surface area contributed by atoms with Gasteiger partial charge in [-0.1, -0.05) is 18.2 Å². The number of morpholine rings is 1. The number of piperazine rings is 1. The van der Waals surface area contributed by atoms with Crippen molar-refractivity contribution in [1.29, 1.82) is 0 Å². The molecular weight excluding hydrogens is 436 g/mol. The van der Waals surface area contributed by atoms with E-state index in [1.165, 1.54) is 6.33 Å². The molecular formula is C24H24N6O4. The Hall–Kier alpha value is -3.63. The van der Waals surface area contributed by atoms with E-state index >= 15 is 0 Å². The number of benzene rings is 2. The molecule has 34 heavy (non-hydrogen) atoms. The molecule has 0 bridgehead atoms. The molecule has 10 heteroatoms. The van der Waals surface area contributed by atoms with Crippen molar-refractivity contribution >= 4 is 11.9 Å². The van der Waals surface area contributed by atoms with Crippen LogP contribution in [0.15, 0.2) is 48.8 Å². The molecule has 0 saturated carbocycles. The van der Waals surface area contributed by atoms with Crippen molar-refractivity contribution in [2.45, 2.75) is 25.2 Å². The summed E-state index contributed by atoms with van der Waals surface area (Å²) in [5, 5.41) is 11.2. The molecule has 2 fully saturated rings. The van der Waals surface area contributed by atoms with Crippen LogP contribution in [0.5, 0.6) is 0 Å². The smallest absolute Gasteiger partial charge is 0.338 e. The number of amides is 1. The molecule has 0 N–H and O–H groups in total. The highest BCUT2D eigenvalue weighted by molar-refractivity contribution is 5.93. The standard InChI is InChI=1S/C24H24N6O4/c31-23(9-16-1-4-19(5-2-16)30-15-25-26-27-30)29-8-7-28-12-22(33-14-20(28)11-29)17-3-6-21-18(10-17)13-34-24(21)32/h1-6,10,15,20,22H,7-9,11-14H2. The molecule has 0 spiro atoms. The summed E-state index contributed by atoms with van der Waals surface area (Å²) in [5.41, 5.74) is 4.46. The highest BCUT2D eigenvalue weighted by Gasteiger charge is 2.36. The summed E-state index contributed by atoms with van der Waals surface area (Å²) in [6.45, 7) is 3.87. The molecule has 4 heterocycles. The predicted molar refractivity (Wildman–Crippen MR) is 119 cm³/mol. The first-order chi connectivity index (χ1) is 16.6. The second-order valence-electron chi connectivity index (χ2n) is 8.90. The van der Waals surface area contributed by atoms with E-state index in [1.807, 2.05) is 47.4 Å². The lowest BCUT2D eigenvalue weighted by atomic mass is 9.99. The van der Waals surface area contributed by atoms with Crippen molar-refractivity contribution in [3.8, 4) is 5.69 Å². The van der Waals surface area contributed by atoms with Gasteiger partial charge in [0.2, 0.25) is 5.91 Å². The van der Waals surface area contributed by atoms with Crippen molar-refractivity contribution < 1.29 is 19.1 Å². The Labute approximate surface area is 196 Å². The van der Waals surface area contributed by atoms with Gasteiger partial charge in [-0.05, 0) is 45.8 Å². The molecule has 3 aromatic rings. The normalized spacial score (nSPS) is 22.2. The number of aromatic nitrogens is 4. The van der Waals surface area contributed by atoms with Gasteiger partial charge in [-0.3, -0.25) is 9.69 Å². The van der Waals surface area contributed by atoms with Gasteiger partial charge in [0.05, 0.1) is 36.4 Å². The lowest BCUT2D eigenvalue weighted by molar-refractivity contribution is -0.139. The molecule has 0 radical (unpaired) electrons. The van der Waals surface area contributed by atoms with Gasteiger partial charge in [0.25, 0.3) is 0 Å². The van der Waals surface area contributed by atoms with Gasteiger partial charge >= 0.3 is 5.97 Å². The van der Waals surface area contributed by atoms with Crippen LogP contribution in [0, 0.1) is 0 Å². The summed E-state index contributed by atoms with van der Waals surface area (Å²) in [6, 6.07) is 13.7. The first-order valence-electron chi connectivity index (χ1n) is 11.4. The number of ether oxygens (including phenoxy) is 2. The minimum Gasteiger partial charge on any atom is -0.457 e. The molecule has 10 nitrogen and oxygen atoms in total. The lowest BCUT2D eigenvalue weighted by Gasteiger charge is -2.46. The molecule has 1 aromatic heterocycles. The predicted octanol–water partition coefficient (Wildman–Crippen LogP) is 1.16. The minimum absolute atomic E-state index is 0.0433. The first-order valence-corrected chi connectivity index (χ1v) is 11.4. The Bertz CT molecular complexity index is 1210. The second-order valence-corrected chi connectivity index (χ2v) is 8.90. The monoisotopic (exact) mass is 460 g/mol. The van der Waals surface area contributed by atoms with Crippen LogP contribution < -0.4 is 0 Å². The van der Waals surface area contributed by atoms with E-state index < -0.39 is 0 Å². The van der Waals surface area contributed by atoms with Gasteiger partial charge in [0.15, 0.2) is 0 Å². The lowest BCUT2D eigenvalue weighted by Crippen LogP contribution is -2.59. The molecule has 6 rings (SSSR count). The molecule has 1 amide bonds. The van der Waals surface area contributed by atoms with Crippen molar-refractivity contribution in [2.75, 3.05) is 32.8 Å². The highest BCUT2D eigenvalue weighted by Crippen LogP contribution is 2.30. The molecule has 3 aliphatic rings. The summed E-state index contributed by atoms with van der Waals surface area (Å²) in [6.07, 6.45) is 1.86. The summed E-state index contributed by atoms with van der Waals surface area (Å²) in [7, 11) is 0. The van der Waals surface area contributed by atoms with Crippen molar-refractivity contribution in [3.63, 3.8) is 0 Å². The van der Waals surface area contributed by atoms with Crippen LogP contribution in [0.25, 0.3) is 5.69 Å². The quantitative estimate of drug-likeness (QED) is 0.535. The maximum Gasteiger partial charge on any atom is 0.338 e. The van der Waals surface area contributed by atoms with E-state index in [0.29, 0.717) is 38.3 Å². The van der Waals surface area contributed by atoms with E-state index in [1.54, 1.807) is 4.68 Å². The number of rotatable bonds is 4. The number of hydrogen-bond acceptors (Lipinski definition) is 8. The zero-order valence-corrected chi connectivity index (χ0v) is 18.5. The number of carbonyl (C=O) groups is 2. The van der Waals surface area contributed by atoms with Crippen molar-refractivity contribution in [3.05, 3.63) is 71.0 Å². The molecule has 0 aliphatic carbocycles. The largest absolute Gasteiger partial charge is 0.457 e. The Morgan fingerprint density at radius 3 is 2.79 bits per heavy atom. The Morgan fingerprint density at radius 1 is 1.09 bits per heavy atom. The molecule has 2 atom stereocenters. The van der Waals surface area contributed by atoms with E-state index in [0.717, 1.165) is 35.5 Å². The van der Waals surface area contributed by atoms with Crippen molar-refractivity contribution in [1.82, 2.24) is 30.0 Å². The van der Waals surface area contributed by atoms with E-state index in [-0.39, 0.29) is 24.0 Å². The maximum atomic E-state index is 13.0.